The first kappa shape index (κ1) is 12.7. The Morgan fingerprint density at radius 1 is 1.21 bits per heavy atom. The summed E-state index contributed by atoms with van der Waals surface area (Å²) in [7, 11) is 0. The lowest BCUT2D eigenvalue weighted by molar-refractivity contribution is 0.102. The quantitative estimate of drug-likeness (QED) is 0.492. The van der Waals surface area contributed by atoms with Gasteiger partial charge in [-0.05, 0) is 30.3 Å². The van der Waals surface area contributed by atoms with Crippen LogP contribution in [0.1, 0.15) is 10.4 Å². The average molecular weight is 262 g/mol. The molecule has 0 radical (unpaired) electrons. The molecule has 0 fully saturated rings. The summed E-state index contributed by atoms with van der Waals surface area (Å²) in [5.74, 6) is -2.14. The third-order valence-corrected chi connectivity index (χ3v) is 2.51. The van der Waals surface area contributed by atoms with Gasteiger partial charge in [-0.1, -0.05) is 6.07 Å². The molecule has 0 spiro atoms. The minimum Gasteiger partial charge on any atom is -0.504 e. The van der Waals surface area contributed by atoms with Gasteiger partial charge in [0.25, 0.3) is 5.91 Å². The first-order chi connectivity index (χ1) is 8.99. The number of anilines is 2. The Morgan fingerprint density at radius 3 is 2.63 bits per heavy atom. The lowest BCUT2D eigenvalue weighted by atomic mass is 10.1. The van der Waals surface area contributed by atoms with E-state index in [1.807, 2.05) is 0 Å². The molecule has 1 amide bonds. The fourth-order valence-electron chi connectivity index (χ4n) is 1.53. The molecule has 2 aromatic rings. The van der Waals surface area contributed by atoms with Gasteiger partial charge in [-0.15, -0.1) is 0 Å². The first-order valence-corrected chi connectivity index (χ1v) is 5.36. The van der Waals surface area contributed by atoms with E-state index in [9.17, 15) is 19.4 Å². The summed E-state index contributed by atoms with van der Waals surface area (Å²) in [6.45, 7) is 0. The van der Waals surface area contributed by atoms with Crippen LogP contribution in [-0.2, 0) is 0 Å². The van der Waals surface area contributed by atoms with Crippen LogP contribution in [0.2, 0.25) is 0 Å². The molecule has 0 aliphatic rings. The number of nitrogens with two attached hydrogens (primary N) is 1. The van der Waals surface area contributed by atoms with Gasteiger partial charge in [0.1, 0.15) is 5.82 Å². The second-order valence-electron chi connectivity index (χ2n) is 3.86. The fraction of sp³-hybridized carbons (Fsp3) is 0. The van der Waals surface area contributed by atoms with Crippen LogP contribution in [0.25, 0.3) is 0 Å². The molecule has 6 heteroatoms. The molecule has 0 aliphatic heterocycles. The third-order valence-electron chi connectivity index (χ3n) is 2.51. The number of nitrogen functional groups attached to an aromatic ring is 1. The highest BCUT2D eigenvalue weighted by molar-refractivity contribution is 6.06. The summed E-state index contributed by atoms with van der Waals surface area (Å²) in [6, 6.07) is 7.73. The number of para-hydroxylation sites is 1. The van der Waals surface area contributed by atoms with E-state index in [4.69, 9.17) is 5.73 Å². The number of nitrogens with one attached hydrogen (secondary N) is 1. The molecule has 0 atom stereocenters. The molecule has 0 heterocycles. The van der Waals surface area contributed by atoms with Crippen LogP contribution in [0, 0.1) is 5.82 Å². The van der Waals surface area contributed by atoms with Crippen LogP contribution in [0.5, 0.6) is 11.5 Å². The van der Waals surface area contributed by atoms with E-state index in [0.717, 1.165) is 6.07 Å². The number of halogens is 1. The van der Waals surface area contributed by atoms with Crippen LogP contribution >= 0.6 is 0 Å². The molecule has 0 bridgehead atoms. The summed E-state index contributed by atoms with van der Waals surface area (Å²) in [5, 5.41) is 21.3. The monoisotopic (exact) mass is 262 g/mol. The molecule has 2 rings (SSSR count). The maximum Gasteiger partial charge on any atom is 0.259 e. The minimum atomic E-state index is -0.639. The Balaban J connectivity index is 2.26. The number of aromatic hydroxyl groups is 2. The number of phenols is 2. The van der Waals surface area contributed by atoms with Crippen molar-refractivity contribution in [2.75, 3.05) is 11.1 Å². The van der Waals surface area contributed by atoms with Gasteiger partial charge in [0, 0.05) is 5.69 Å². The maximum absolute atomic E-state index is 13.0. The number of hydrogen-bond acceptors (Lipinski definition) is 4. The molecule has 0 unspecified atom stereocenters. The van der Waals surface area contributed by atoms with E-state index >= 15 is 0 Å². The summed E-state index contributed by atoms with van der Waals surface area (Å²) in [4.78, 5) is 11.9. The maximum atomic E-state index is 13.0. The van der Waals surface area contributed by atoms with Crippen LogP contribution in [0.3, 0.4) is 0 Å². The van der Waals surface area contributed by atoms with E-state index in [2.05, 4.69) is 5.32 Å². The predicted octanol–water partition coefficient (Wildman–Crippen LogP) is 2.07. The average Bonchev–Trinajstić information content (AvgIpc) is 2.37. The van der Waals surface area contributed by atoms with E-state index < -0.39 is 23.2 Å². The summed E-state index contributed by atoms with van der Waals surface area (Å²) >= 11 is 0. The molecular weight excluding hydrogens is 251 g/mol. The van der Waals surface area contributed by atoms with Gasteiger partial charge in [0.2, 0.25) is 0 Å². The Morgan fingerprint density at radius 2 is 1.95 bits per heavy atom. The summed E-state index contributed by atoms with van der Waals surface area (Å²) in [6.07, 6.45) is 0. The van der Waals surface area contributed by atoms with Crippen molar-refractivity contribution in [1.82, 2.24) is 0 Å². The molecule has 5 nitrogen and oxygen atoms in total. The number of hydrogen-bond donors (Lipinski definition) is 4. The number of phenolic OH excluding ortho intramolecular Hbond substituents is 2. The Labute approximate surface area is 108 Å². The Kier molecular flexibility index (Phi) is 3.24. The molecule has 0 aromatic heterocycles. The SMILES string of the molecule is Nc1cc(NC(=O)c2cccc(O)c2O)ccc1F. The molecule has 19 heavy (non-hydrogen) atoms. The highest BCUT2D eigenvalue weighted by atomic mass is 19.1. The molecule has 0 aliphatic carbocycles. The standard InChI is InChI=1S/C13H11FN2O3/c14-9-5-4-7(6-10(9)15)16-13(19)8-2-1-3-11(17)12(8)18/h1-6,17-18H,15H2,(H,16,19). The summed E-state index contributed by atoms with van der Waals surface area (Å²) < 4.78 is 13.0. The zero-order chi connectivity index (χ0) is 14.0. The Hall–Kier alpha value is -2.76. The molecule has 2 aromatic carbocycles. The second-order valence-corrected chi connectivity index (χ2v) is 3.86. The van der Waals surface area contributed by atoms with Crippen LogP contribution in [0.4, 0.5) is 15.8 Å². The zero-order valence-corrected chi connectivity index (χ0v) is 9.72. The zero-order valence-electron chi connectivity index (χ0n) is 9.72. The lowest BCUT2D eigenvalue weighted by Crippen LogP contribution is -2.12. The minimum absolute atomic E-state index is 0.0945. The van der Waals surface area contributed by atoms with E-state index in [0.29, 0.717) is 0 Å². The normalized spacial score (nSPS) is 10.2. The molecule has 0 saturated heterocycles. The van der Waals surface area contributed by atoms with Gasteiger partial charge >= 0.3 is 0 Å². The van der Waals surface area contributed by atoms with Crippen molar-refractivity contribution in [3.8, 4) is 11.5 Å². The molecule has 5 N–H and O–H groups in total. The van der Waals surface area contributed by atoms with Gasteiger partial charge in [0.15, 0.2) is 11.5 Å². The number of carbonyl (C=O) groups is 1. The molecule has 98 valence electrons. The number of benzene rings is 2. The highest BCUT2D eigenvalue weighted by Crippen LogP contribution is 2.29. The van der Waals surface area contributed by atoms with E-state index in [1.165, 1.54) is 30.3 Å². The van der Waals surface area contributed by atoms with Crippen molar-refractivity contribution in [2.45, 2.75) is 0 Å². The van der Waals surface area contributed by atoms with Gasteiger partial charge in [-0.3, -0.25) is 4.79 Å². The van der Waals surface area contributed by atoms with E-state index in [-0.39, 0.29) is 16.9 Å². The fourth-order valence-corrected chi connectivity index (χ4v) is 1.53. The molecular formula is C13H11FN2O3. The van der Waals surface area contributed by atoms with Gasteiger partial charge in [0.05, 0.1) is 11.3 Å². The topological polar surface area (TPSA) is 95.6 Å². The van der Waals surface area contributed by atoms with Gasteiger partial charge in [-0.2, -0.15) is 0 Å². The van der Waals surface area contributed by atoms with Crippen LogP contribution < -0.4 is 11.1 Å². The van der Waals surface area contributed by atoms with E-state index in [1.54, 1.807) is 0 Å². The smallest absolute Gasteiger partial charge is 0.259 e. The van der Waals surface area contributed by atoms with Crippen molar-refractivity contribution in [2.24, 2.45) is 0 Å². The second kappa shape index (κ2) is 4.85. The number of rotatable bonds is 2. The summed E-state index contributed by atoms with van der Waals surface area (Å²) in [5.41, 5.74) is 5.46. The van der Waals surface area contributed by atoms with Gasteiger partial charge in [-0.25, -0.2) is 4.39 Å². The Bertz CT molecular complexity index is 644. The predicted molar refractivity (Wildman–Crippen MR) is 68.5 cm³/mol. The largest absolute Gasteiger partial charge is 0.504 e. The first-order valence-electron chi connectivity index (χ1n) is 5.36. The van der Waals surface area contributed by atoms with Crippen molar-refractivity contribution in [1.29, 1.82) is 0 Å². The van der Waals surface area contributed by atoms with Crippen molar-refractivity contribution in [3.05, 3.63) is 47.8 Å². The number of carbonyl (C=O) groups excluding carboxylic acids is 1. The van der Waals surface area contributed by atoms with Crippen molar-refractivity contribution in [3.63, 3.8) is 0 Å². The van der Waals surface area contributed by atoms with Crippen LogP contribution in [0.15, 0.2) is 36.4 Å². The third kappa shape index (κ3) is 2.57. The van der Waals surface area contributed by atoms with Gasteiger partial charge < -0.3 is 21.3 Å². The van der Waals surface area contributed by atoms with Crippen molar-refractivity contribution < 1.29 is 19.4 Å². The highest BCUT2D eigenvalue weighted by Gasteiger charge is 2.14. The molecule has 0 saturated carbocycles. The lowest BCUT2D eigenvalue weighted by Gasteiger charge is -2.08. The number of amides is 1. The van der Waals surface area contributed by atoms with Crippen molar-refractivity contribution >= 4 is 17.3 Å². The van der Waals surface area contributed by atoms with Crippen LogP contribution in [-0.4, -0.2) is 16.1 Å².